The van der Waals surface area contributed by atoms with E-state index in [1.165, 1.54) is 0 Å². The molecule has 2 aromatic rings. The summed E-state index contributed by atoms with van der Waals surface area (Å²) in [5.41, 5.74) is 3.75. The molecule has 0 saturated carbocycles. The van der Waals surface area contributed by atoms with Gasteiger partial charge in [-0.1, -0.05) is 0 Å². The van der Waals surface area contributed by atoms with Gasteiger partial charge in [-0.2, -0.15) is 0 Å². The molecule has 1 spiro atoms. The molecule has 2 aliphatic rings. The summed E-state index contributed by atoms with van der Waals surface area (Å²) in [5.74, 6) is 0.180. The van der Waals surface area contributed by atoms with Crippen LogP contribution in [-0.2, 0) is 26.2 Å². The van der Waals surface area contributed by atoms with Crippen LogP contribution in [0.1, 0.15) is 24.0 Å². The molecule has 26 heavy (non-hydrogen) atoms. The Balaban J connectivity index is 1.64. The number of hydrogen-bond donors (Lipinski definition) is 1. The van der Waals surface area contributed by atoms with E-state index in [9.17, 15) is 4.79 Å². The van der Waals surface area contributed by atoms with Gasteiger partial charge in [-0.15, -0.1) is 0 Å². The number of ether oxygens (including phenoxy) is 2. The molecule has 4 rings (SSSR count). The topological polar surface area (TPSA) is 63.9 Å². The minimum Gasteiger partial charge on any atom is -0.472 e. The summed E-state index contributed by atoms with van der Waals surface area (Å²) in [6.07, 6.45) is 4.86. The largest absolute Gasteiger partial charge is 0.472 e. The zero-order valence-corrected chi connectivity index (χ0v) is 15.0. The van der Waals surface area contributed by atoms with Gasteiger partial charge in [0.05, 0.1) is 24.5 Å². The highest BCUT2D eigenvalue weighted by Crippen LogP contribution is 2.48. The lowest BCUT2D eigenvalue weighted by molar-refractivity contribution is -0.126. The maximum Gasteiger partial charge on any atom is 0.237 e. The van der Waals surface area contributed by atoms with Gasteiger partial charge in [0.1, 0.15) is 0 Å². The smallest absolute Gasteiger partial charge is 0.237 e. The van der Waals surface area contributed by atoms with Crippen LogP contribution in [0, 0.1) is 0 Å². The fraction of sp³-hybridized carbons (Fsp3) is 0.450. The van der Waals surface area contributed by atoms with Crippen LogP contribution in [0.25, 0.3) is 0 Å². The van der Waals surface area contributed by atoms with Crippen LogP contribution in [0.3, 0.4) is 0 Å². The third kappa shape index (κ3) is 2.89. The Labute approximate surface area is 153 Å². The Morgan fingerprint density at radius 2 is 2.12 bits per heavy atom. The number of fused-ring (bicyclic) bond motifs is 2. The van der Waals surface area contributed by atoms with E-state index in [1.54, 1.807) is 19.6 Å². The van der Waals surface area contributed by atoms with E-state index in [-0.39, 0.29) is 5.91 Å². The number of carbonyl (C=O) groups excluding carboxylic acids is 1. The second kappa shape index (κ2) is 7.13. The Morgan fingerprint density at radius 3 is 2.85 bits per heavy atom. The fourth-order valence-corrected chi connectivity index (χ4v) is 3.95. The Hall–Kier alpha value is -2.31. The lowest BCUT2D eigenvalue weighted by Crippen LogP contribution is -2.45. The second-order valence-corrected chi connectivity index (χ2v) is 6.86. The number of nitrogens with zero attached hydrogens (tertiary/aromatic N) is 1. The summed E-state index contributed by atoms with van der Waals surface area (Å²) in [6.45, 7) is 3.03. The molecule has 1 saturated heterocycles. The van der Waals surface area contributed by atoms with Gasteiger partial charge in [-0.05, 0) is 42.7 Å². The van der Waals surface area contributed by atoms with Gasteiger partial charge in [0, 0.05) is 50.4 Å². The van der Waals surface area contributed by atoms with Crippen molar-refractivity contribution in [3.8, 4) is 0 Å². The number of nitrogens with one attached hydrogen (secondary N) is 1. The summed E-state index contributed by atoms with van der Waals surface area (Å²) in [6, 6.07) is 8.15. The number of benzene rings is 1. The predicted molar refractivity (Wildman–Crippen MR) is 98.4 cm³/mol. The first-order valence-electron chi connectivity index (χ1n) is 9.03. The molecular formula is C20H24N2O4. The summed E-state index contributed by atoms with van der Waals surface area (Å²) in [5, 5.41) is 3.43. The van der Waals surface area contributed by atoms with Crippen molar-refractivity contribution in [1.29, 1.82) is 0 Å². The van der Waals surface area contributed by atoms with Gasteiger partial charge in [0.25, 0.3) is 0 Å². The summed E-state index contributed by atoms with van der Waals surface area (Å²) < 4.78 is 15.9. The Morgan fingerprint density at radius 1 is 1.27 bits per heavy atom. The zero-order chi connectivity index (χ0) is 18.0. The number of methoxy groups -OCH3 is 1. The highest BCUT2D eigenvalue weighted by Gasteiger charge is 2.51. The van der Waals surface area contributed by atoms with Crippen molar-refractivity contribution in [2.45, 2.75) is 24.8 Å². The van der Waals surface area contributed by atoms with Gasteiger partial charge in [-0.25, -0.2) is 0 Å². The van der Waals surface area contributed by atoms with E-state index in [0.717, 1.165) is 35.3 Å². The van der Waals surface area contributed by atoms with E-state index in [1.807, 2.05) is 23.1 Å². The van der Waals surface area contributed by atoms with Crippen LogP contribution in [0.5, 0.6) is 0 Å². The molecule has 2 aliphatic heterocycles. The average molecular weight is 356 g/mol. The molecule has 1 fully saturated rings. The van der Waals surface area contributed by atoms with Crippen LogP contribution < -0.4 is 10.2 Å². The Kier molecular flexibility index (Phi) is 4.70. The molecule has 138 valence electrons. The molecule has 0 bridgehead atoms. The number of carbonyl (C=O) groups is 1. The maximum absolute atomic E-state index is 13.3. The third-order valence-corrected chi connectivity index (χ3v) is 5.40. The molecule has 0 atom stereocenters. The van der Waals surface area contributed by atoms with Gasteiger partial charge < -0.3 is 24.1 Å². The maximum atomic E-state index is 13.3. The summed E-state index contributed by atoms with van der Waals surface area (Å²) in [4.78, 5) is 15.2. The first-order chi connectivity index (χ1) is 12.7. The van der Waals surface area contributed by atoms with E-state index >= 15 is 0 Å². The van der Waals surface area contributed by atoms with Crippen molar-refractivity contribution in [2.24, 2.45) is 0 Å². The van der Waals surface area contributed by atoms with E-state index in [4.69, 9.17) is 13.9 Å². The molecule has 1 aromatic carbocycles. The number of furan rings is 1. The van der Waals surface area contributed by atoms with E-state index in [2.05, 4.69) is 11.4 Å². The van der Waals surface area contributed by atoms with Crippen molar-refractivity contribution in [3.05, 3.63) is 47.9 Å². The molecule has 1 amide bonds. The van der Waals surface area contributed by atoms with Crippen LogP contribution in [-0.4, -0.2) is 39.4 Å². The zero-order valence-electron chi connectivity index (χ0n) is 15.0. The molecule has 3 heterocycles. The third-order valence-electron chi connectivity index (χ3n) is 5.40. The van der Waals surface area contributed by atoms with Gasteiger partial charge >= 0.3 is 0 Å². The molecular weight excluding hydrogens is 332 g/mol. The molecule has 6 heteroatoms. The number of hydrogen-bond acceptors (Lipinski definition) is 5. The predicted octanol–water partition coefficient (Wildman–Crippen LogP) is 2.93. The van der Waals surface area contributed by atoms with E-state index < -0.39 is 5.41 Å². The lowest BCUT2D eigenvalue weighted by Gasteiger charge is -2.32. The SMILES string of the molecule is COCCN1C(=O)C2(CCOCC2)c2cc(NCc3ccoc3)ccc21. The highest BCUT2D eigenvalue weighted by atomic mass is 16.5. The minimum absolute atomic E-state index is 0.180. The first kappa shape index (κ1) is 17.1. The summed E-state index contributed by atoms with van der Waals surface area (Å²) >= 11 is 0. The molecule has 6 nitrogen and oxygen atoms in total. The van der Waals surface area contributed by atoms with Crippen molar-refractivity contribution < 1.29 is 18.7 Å². The van der Waals surface area contributed by atoms with E-state index in [0.29, 0.717) is 32.9 Å². The average Bonchev–Trinajstić information content (AvgIpc) is 3.27. The second-order valence-electron chi connectivity index (χ2n) is 6.86. The van der Waals surface area contributed by atoms with Crippen molar-refractivity contribution in [3.63, 3.8) is 0 Å². The van der Waals surface area contributed by atoms with Crippen LogP contribution in [0.4, 0.5) is 11.4 Å². The van der Waals surface area contributed by atoms with Crippen molar-refractivity contribution in [2.75, 3.05) is 43.7 Å². The molecule has 0 unspecified atom stereocenters. The van der Waals surface area contributed by atoms with Gasteiger partial charge in [0.15, 0.2) is 0 Å². The van der Waals surface area contributed by atoms with Gasteiger partial charge in [0.2, 0.25) is 5.91 Å². The monoisotopic (exact) mass is 356 g/mol. The quantitative estimate of drug-likeness (QED) is 0.862. The first-order valence-corrected chi connectivity index (χ1v) is 9.03. The lowest BCUT2D eigenvalue weighted by atomic mass is 9.75. The fourth-order valence-electron chi connectivity index (χ4n) is 3.95. The van der Waals surface area contributed by atoms with Crippen LogP contribution in [0.2, 0.25) is 0 Å². The summed E-state index contributed by atoms with van der Waals surface area (Å²) in [7, 11) is 1.66. The minimum atomic E-state index is -0.464. The van der Waals surface area contributed by atoms with Crippen molar-refractivity contribution in [1.82, 2.24) is 0 Å². The standard InChI is InChI=1S/C20H24N2O4/c1-24-11-7-22-18-3-2-16(21-13-15-4-8-26-14-15)12-17(18)20(19(22)23)5-9-25-10-6-20/h2-4,8,12,14,21H,5-7,9-11,13H2,1H3. The molecule has 0 radical (unpaired) electrons. The molecule has 1 N–H and O–H groups in total. The normalized spacial score (nSPS) is 18.3. The Bertz CT molecular complexity index is 766. The number of rotatable bonds is 6. The number of amides is 1. The van der Waals surface area contributed by atoms with Crippen LogP contribution in [0.15, 0.2) is 41.2 Å². The molecule has 0 aliphatic carbocycles. The van der Waals surface area contributed by atoms with Crippen molar-refractivity contribution >= 4 is 17.3 Å². The molecule has 1 aromatic heterocycles. The highest BCUT2D eigenvalue weighted by molar-refractivity contribution is 6.08. The van der Waals surface area contributed by atoms with Crippen LogP contribution >= 0.6 is 0 Å². The van der Waals surface area contributed by atoms with Gasteiger partial charge in [-0.3, -0.25) is 4.79 Å². The number of anilines is 2.